The van der Waals surface area contributed by atoms with Crippen molar-refractivity contribution in [1.82, 2.24) is 28.7 Å². The SMILES string of the molecule is c1ccc(-c2cccc3oc4cc(-c5nc(-c6cccc(-n7c8ccccc8c8c7ccc7c9ccccc9n(-c9ccccc9)c78)c6)nc(-n6c7ccccc7c7ccccc76)n5)ccc4c23)cc1. The number of rotatable bonds is 6. The van der Waals surface area contributed by atoms with Gasteiger partial charge in [-0.2, -0.15) is 9.97 Å². The standard InChI is InChI=1S/C63H38N6O/c1-3-17-39(18-4-1)44-27-16-32-56-58(44)50-34-33-41(38-57(50)70-56)62-64-61(65-63(66-62)69-52-29-12-7-23-45(52)46-24-8-13-30-53(46)69)40-19-15-22-43(37-40)67-54-31-14-10-26-49(54)59-55(67)36-35-48-47-25-9-11-28-51(47)68(60(48)59)42-20-5-2-6-21-42/h1-38H. The van der Waals surface area contributed by atoms with Crippen LogP contribution in [0.15, 0.2) is 235 Å². The van der Waals surface area contributed by atoms with Gasteiger partial charge in [-0.3, -0.25) is 4.57 Å². The van der Waals surface area contributed by atoms with Gasteiger partial charge < -0.3 is 13.6 Å². The zero-order valence-electron chi connectivity index (χ0n) is 37.5. The Bertz CT molecular complexity index is 4540. The molecule has 0 aliphatic carbocycles. The third-order valence-electron chi connectivity index (χ3n) is 14.1. The molecular formula is C63H38N6O. The Kier molecular flexibility index (Phi) is 8.23. The molecule has 0 saturated carbocycles. The Morgan fingerprint density at radius 2 is 0.843 bits per heavy atom. The molecule has 0 radical (unpaired) electrons. The lowest BCUT2D eigenvalue weighted by Crippen LogP contribution is -2.06. The van der Waals surface area contributed by atoms with Crippen LogP contribution in [-0.2, 0) is 0 Å². The zero-order chi connectivity index (χ0) is 45.9. The summed E-state index contributed by atoms with van der Waals surface area (Å²) in [5.74, 6) is 1.64. The highest BCUT2D eigenvalue weighted by molar-refractivity contribution is 6.26. The first-order valence-corrected chi connectivity index (χ1v) is 23.6. The van der Waals surface area contributed by atoms with Crippen LogP contribution in [0.25, 0.3) is 139 Å². The number of hydrogen-bond acceptors (Lipinski definition) is 4. The van der Waals surface area contributed by atoms with Crippen molar-refractivity contribution in [3.63, 3.8) is 0 Å². The maximum Gasteiger partial charge on any atom is 0.238 e. The lowest BCUT2D eigenvalue weighted by atomic mass is 9.99. The van der Waals surface area contributed by atoms with E-state index in [0.717, 1.165) is 88.4 Å². The minimum absolute atomic E-state index is 0.534. The molecule has 15 aromatic rings. The number of furan rings is 1. The third-order valence-corrected chi connectivity index (χ3v) is 14.1. The Labute approximate surface area is 400 Å². The average Bonchev–Trinajstić information content (AvgIpc) is 4.18. The summed E-state index contributed by atoms with van der Waals surface area (Å²) in [6, 6.07) is 81.3. The highest BCUT2D eigenvalue weighted by Crippen LogP contribution is 2.43. The smallest absolute Gasteiger partial charge is 0.238 e. The maximum absolute atomic E-state index is 6.63. The molecule has 5 aromatic heterocycles. The van der Waals surface area contributed by atoms with Crippen LogP contribution in [0, 0.1) is 0 Å². The molecule has 0 atom stereocenters. The van der Waals surface area contributed by atoms with Gasteiger partial charge in [0.15, 0.2) is 11.6 Å². The molecule has 10 aromatic carbocycles. The van der Waals surface area contributed by atoms with Crippen molar-refractivity contribution in [3.8, 4) is 51.2 Å². The van der Waals surface area contributed by atoms with Crippen molar-refractivity contribution in [2.45, 2.75) is 0 Å². The highest BCUT2D eigenvalue weighted by atomic mass is 16.3. The van der Waals surface area contributed by atoms with Crippen molar-refractivity contribution in [2.24, 2.45) is 0 Å². The predicted molar refractivity (Wildman–Crippen MR) is 286 cm³/mol. The van der Waals surface area contributed by atoms with Crippen LogP contribution < -0.4 is 0 Å². The van der Waals surface area contributed by atoms with Crippen LogP contribution in [0.4, 0.5) is 0 Å². The van der Waals surface area contributed by atoms with Gasteiger partial charge in [-0.25, -0.2) is 4.98 Å². The van der Waals surface area contributed by atoms with Crippen LogP contribution in [0.3, 0.4) is 0 Å². The molecule has 0 unspecified atom stereocenters. The molecule has 7 heteroatoms. The summed E-state index contributed by atoms with van der Waals surface area (Å²) in [7, 11) is 0. The largest absolute Gasteiger partial charge is 0.456 e. The van der Waals surface area contributed by atoms with Gasteiger partial charge in [-0.15, -0.1) is 0 Å². The summed E-state index contributed by atoms with van der Waals surface area (Å²) in [5.41, 5.74) is 14.3. The van der Waals surface area contributed by atoms with Crippen molar-refractivity contribution in [1.29, 1.82) is 0 Å². The fraction of sp³-hybridized carbons (Fsp3) is 0. The van der Waals surface area contributed by atoms with Crippen LogP contribution in [0.2, 0.25) is 0 Å². The van der Waals surface area contributed by atoms with Gasteiger partial charge in [0, 0.05) is 65.6 Å². The van der Waals surface area contributed by atoms with Gasteiger partial charge in [0.05, 0.1) is 33.1 Å². The molecule has 0 bridgehead atoms. The Morgan fingerprint density at radius 3 is 1.56 bits per heavy atom. The monoisotopic (exact) mass is 894 g/mol. The van der Waals surface area contributed by atoms with E-state index < -0.39 is 0 Å². The molecule has 0 saturated heterocycles. The van der Waals surface area contributed by atoms with Gasteiger partial charge in [0.1, 0.15) is 11.2 Å². The second-order valence-corrected chi connectivity index (χ2v) is 18.0. The molecule has 326 valence electrons. The lowest BCUT2D eigenvalue weighted by Gasteiger charge is -2.13. The quantitative estimate of drug-likeness (QED) is 0.167. The summed E-state index contributed by atoms with van der Waals surface area (Å²) in [4.78, 5) is 16.0. The Hall–Kier alpha value is -9.59. The van der Waals surface area contributed by atoms with E-state index in [2.05, 4.69) is 232 Å². The van der Waals surface area contributed by atoms with Crippen LogP contribution in [0.1, 0.15) is 0 Å². The fourth-order valence-electron chi connectivity index (χ4n) is 11.1. The van der Waals surface area contributed by atoms with Crippen LogP contribution in [-0.4, -0.2) is 28.7 Å². The minimum atomic E-state index is 0.534. The molecule has 7 nitrogen and oxygen atoms in total. The van der Waals surface area contributed by atoms with E-state index >= 15 is 0 Å². The van der Waals surface area contributed by atoms with E-state index in [1.807, 2.05) is 12.1 Å². The van der Waals surface area contributed by atoms with E-state index in [9.17, 15) is 0 Å². The minimum Gasteiger partial charge on any atom is -0.456 e. The van der Waals surface area contributed by atoms with E-state index in [4.69, 9.17) is 19.4 Å². The molecule has 0 spiro atoms. The molecule has 0 aliphatic rings. The molecule has 0 amide bonds. The Morgan fingerprint density at radius 1 is 0.300 bits per heavy atom. The first-order valence-electron chi connectivity index (χ1n) is 23.6. The molecule has 5 heterocycles. The number of fused-ring (bicyclic) bond motifs is 13. The number of nitrogens with zero attached hydrogens (tertiary/aromatic N) is 6. The van der Waals surface area contributed by atoms with Gasteiger partial charge in [0.2, 0.25) is 5.95 Å². The molecule has 70 heavy (non-hydrogen) atoms. The molecular weight excluding hydrogens is 857 g/mol. The number of aromatic nitrogens is 6. The zero-order valence-corrected chi connectivity index (χ0v) is 37.5. The molecule has 0 fully saturated rings. The number of para-hydroxylation sites is 5. The normalized spacial score (nSPS) is 12.0. The summed E-state index contributed by atoms with van der Waals surface area (Å²) >= 11 is 0. The summed E-state index contributed by atoms with van der Waals surface area (Å²) in [6.07, 6.45) is 0. The Balaban J connectivity index is 0.957. The first-order chi connectivity index (χ1) is 34.7. The summed E-state index contributed by atoms with van der Waals surface area (Å²) < 4.78 is 13.6. The van der Waals surface area contributed by atoms with E-state index in [0.29, 0.717) is 17.6 Å². The van der Waals surface area contributed by atoms with Gasteiger partial charge in [-0.1, -0.05) is 158 Å². The molecule has 15 rings (SSSR count). The number of benzene rings is 10. The van der Waals surface area contributed by atoms with Gasteiger partial charge >= 0.3 is 0 Å². The lowest BCUT2D eigenvalue weighted by molar-refractivity contribution is 0.669. The molecule has 0 N–H and O–H groups in total. The maximum atomic E-state index is 6.63. The first kappa shape index (κ1) is 38.5. The third kappa shape index (κ3) is 5.66. The summed E-state index contributed by atoms with van der Waals surface area (Å²) in [5, 5.41) is 9.21. The number of hydrogen-bond donors (Lipinski definition) is 0. The van der Waals surface area contributed by atoms with E-state index in [1.165, 1.54) is 32.6 Å². The highest BCUT2D eigenvalue weighted by Gasteiger charge is 2.23. The second kappa shape index (κ2) is 15.0. The predicted octanol–water partition coefficient (Wildman–Crippen LogP) is 16.1. The van der Waals surface area contributed by atoms with Crippen molar-refractivity contribution in [3.05, 3.63) is 231 Å². The van der Waals surface area contributed by atoms with E-state index in [-0.39, 0.29) is 0 Å². The van der Waals surface area contributed by atoms with Crippen molar-refractivity contribution < 1.29 is 4.42 Å². The fourth-order valence-corrected chi connectivity index (χ4v) is 11.1. The molecule has 0 aliphatic heterocycles. The van der Waals surface area contributed by atoms with E-state index in [1.54, 1.807) is 0 Å². The van der Waals surface area contributed by atoms with Crippen molar-refractivity contribution >= 4 is 87.4 Å². The summed E-state index contributed by atoms with van der Waals surface area (Å²) in [6.45, 7) is 0. The van der Waals surface area contributed by atoms with Gasteiger partial charge in [-0.05, 0) is 83.9 Å². The average molecular weight is 895 g/mol. The topological polar surface area (TPSA) is 66.6 Å². The second-order valence-electron chi connectivity index (χ2n) is 18.0. The van der Waals surface area contributed by atoms with Gasteiger partial charge in [0.25, 0.3) is 0 Å². The van der Waals surface area contributed by atoms with Crippen LogP contribution >= 0.6 is 0 Å². The van der Waals surface area contributed by atoms with Crippen molar-refractivity contribution in [2.75, 3.05) is 0 Å². The van der Waals surface area contributed by atoms with Crippen LogP contribution in [0.5, 0.6) is 0 Å².